The number of fused-ring (bicyclic) bond motifs is 1. The molecule has 0 spiro atoms. The largest absolute Gasteiger partial charge is 0.444 e. The van der Waals surface area contributed by atoms with Crippen LogP contribution in [0.4, 0.5) is 4.79 Å². The van der Waals surface area contributed by atoms with E-state index >= 15 is 0 Å². The van der Waals surface area contributed by atoms with E-state index in [1.54, 1.807) is 6.20 Å². The maximum atomic E-state index is 13.7. The van der Waals surface area contributed by atoms with E-state index in [-0.39, 0.29) is 37.4 Å². The van der Waals surface area contributed by atoms with Gasteiger partial charge in [0.25, 0.3) is 5.91 Å². The SMILES string of the molecule is CC(C)C[C@H]1C(=O)N[C@@H](Cc2cn(C(=O)OCc3ccccc3)c3ccccc23)C(=O)N1OCc1ccccc1. The van der Waals surface area contributed by atoms with Crippen LogP contribution in [0.1, 0.15) is 37.0 Å². The van der Waals surface area contributed by atoms with Gasteiger partial charge in [0.05, 0.1) is 5.52 Å². The van der Waals surface area contributed by atoms with Crippen LogP contribution in [0.5, 0.6) is 0 Å². The van der Waals surface area contributed by atoms with Crippen LogP contribution in [0.15, 0.2) is 91.1 Å². The van der Waals surface area contributed by atoms with E-state index in [9.17, 15) is 14.4 Å². The molecule has 206 valence electrons. The second-order valence-corrected chi connectivity index (χ2v) is 10.4. The number of amides is 2. The Morgan fingerprint density at radius 1 is 0.875 bits per heavy atom. The van der Waals surface area contributed by atoms with Gasteiger partial charge in [-0.3, -0.25) is 19.0 Å². The molecule has 2 amide bonds. The second-order valence-electron chi connectivity index (χ2n) is 10.4. The smallest absolute Gasteiger partial charge is 0.418 e. The molecule has 0 aliphatic carbocycles. The minimum absolute atomic E-state index is 0.142. The normalized spacial score (nSPS) is 17.3. The van der Waals surface area contributed by atoms with Gasteiger partial charge in [0, 0.05) is 18.0 Å². The van der Waals surface area contributed by atoms with Crippen LogP contribution in [-0.2, 0) is 38.8 Å². The first kappa shape index (κ1) is 27.1. The summed E-state index contributed by atoms with van der Waals surface area (Å²) in [4.78, 5) is 46.0. The predicted molar refractivity (Wildman–Crippen MR) is 151 cm³/mol. The van der Waals surface area contributed by atoms with E-state index in [2.05, 4.69) is 5.32 Å². The Balaban J connectivity index is 1.37. The van der Waals surface area contributed by atoms with E-state index in [0.29, 0.717) is 11.9 Å². The van der Waals surface area contributed by atoms with Crippen LogP contribution in [-0.4, -0.2) is 39.6 Å². The lowest BCUT2D eigenvalue weighted by Crippen LogP contribution is -2.63. The molecule has 40 heavy (non-hydrogen) atoms. The standard InChI is InChI=1S/C32H33N3O5/c1-22(2)17-29-30(36)33-27(31(37)35(29)40-21-24-13-7-4-8-14-24)18-25-19-34(28-16-10-9-15-26(25)28)32(38)39-20-23-11-5-3-6-12-23/h3-16,19,22,27,29H,17-18,20-21H2,1-2H3,(H,33,36)/t27-,29-/m0/s1. The molecular weight excluding hydrogens is 506 g/mol. The Labute approximate surface area is 233 Å². The molecule has 5 rings (SSSR count). The average Bonchev–Trinajstić information content (AvgIpc) is 3.33. The van der Waals surface area contributed by atoms with Gasteiger partial charge in [0.15, 0.2) is 0 Å². The van der Waals surface area contributed by atoms with Crippen molar-refractivity contribution in [2.75, 3.05) is 0 Å². The average molecular weight is 540 g/mol. The van der Waals surface area contributed by atoms with Crippen molar-refractivity contribution >= 4 is 28.8 Å². The molecule has 1 saturated heterocycles. The number of ether oxygens (including phenoxy) is 1. The lowest BCUT2D eigenvalue weighted by molar-refractivity contribution is -0.216. The molecule has 1 aliphatic heterocycles. The molecule has 2 heterocycles. The van der Waals surface area contributed by atoms with Gasteiger partial charge < -0.3 is 10.1 Å². The van der Waals surface area contributed by atoms with E-state index in [1.165, 1.54) is 9.63 Å². The van der Waals surface area contributed by atoms with Gasteiger partial charge >= 0.3 is 6.09 Å². The summed E-state index contributed by atoms with van der Waals surface area (Å²) in [5.74, 6) is -0.384. The molecule has 0 unspecified atom stereocenters. The zero-order chi connectivity index (χ0) is 28.1. The predicted octanol–water partition coefficient (Wildman–Crippen LogP) is 5.24. The van der Waals surface area contributed by atoms with Crippen molar-refractivity contribution in [1.82, 2.24) is 14.9 Å². The monoisotopic (exact) mass is 539 g/mol. The van der Waals surface area contributed by atoms with Gasteiger partial charge in [0.1, 0.15) is 25.3 Å². The molecule has 1 N–H and O–H groups in total. The van der Waals surface area contributed by atoms with Crippen molar-refractivity contribution in [2.24, 2.45) is 5.92 Å². The number of hydrogen-bond donors (Lipinski definition) is 1. The summed E-state index contributed by atoms with van der Waals surface area (Å²) in [6, 6.07) is 24.9. The highest BCUT2D eigenvalue weighted by atomic mass is 16.7. The van der Waals surface area contributed by atoms with Gasteiger partial charge in [-0.05, 0) is 35.1 Å². The number of carbonyl (C=O) groups is 3. The molecule has 2 atom stereocenters. The minimum Gasteiger partial charge on any atom is -0.444 e. The van der Waals surface area contributed by atoms with E-state index in [0.717, 1.165) is 22.1 Å². The van der Waals surface area contributed by atoms with Crippen LogP contribution < -0.4 is 5.32 Å². The first-order valence-electron chi connectivity index (χ1n) is 13.5. The number of piperazine rings is 1. The van der Waals surface area contributed by atoms with Crippen LogP contribution in [0.3, 0.4) is 0 Å². The molecule has 0 bridgehead atoms. The summed E-state index contributed by atoms with van der Waals surface area (Å²) in [5.41, 5.74) is 3.20. The molecule has 4 aromatic rings. The number of rotatable bonds is 9. The Morgan fingerprint density at radius 2 is 1.50 bits per heavy atom. The first-order chi connectivity index (χ1) is 19.4. The first-order valence-corrected chi connectivity index (χ1v) is 13.5. The maximum Gasteiger partial charge on any atom is 0.418 e. The van der Waals surface area contributed by atoms with Gasteiger partial charge in [-0.15, -0.1) is 0 Å². The summed E-state index contributed by atoms with van der Waals surface area (Å²) >= 11 is 0. The highest BCUT2D eigenvalue weighted by Crippen LogP contribution is 2.26. The van der Waals surface area contributed by atoms with Crippen molar-refractivity contribution in [2.45, 2.75) is 52.0 Å². The minimum atomic E-state index is -0.841. The van der Waals surface area contributed by atoms with E-state index in [4.69, 9.17) is 9.57 Å². The summed E-state index contributed by atoms with van der Waals surface area (Å²) in [5, 5.41) is 4.97. The summed E-state index contributed by atoms with van der Waals surface area (Å²) in [7, 11) is 0. The molecule has 0 radical (unpaired) electrons. The molecule has 0 saturated carbocycles. The fourth-order valence-electron chi connectivity index (χ4n) is 4.98. The molecule has 8 heteroatoms. The van der Waals surface area contributed by atoms with E-state index in [1.807, 2.05) is 98.8 Å². The van der Waals surface area contributed by atoms with Crippen LogP contribution in [0.2, 0.25) is 0 Å². The van der Waals surface area contributed by atoms with Crippen LogP contribution in [0, 0.1) is 5.92 Å². The van der Waals surface area contributed by atoms with Crippen molar-refractivity contribution in [3.8, 4) is 0 Å². The number of hydrogen-bond acceptors (Lipinski definition) is 5. The number of carbonyl (C=O) groups excluding carboxylic acids is 3. The highest BCUT2D eigenvalue weighted by Gasteiger charge is 2.42. The quantitative estimate of drug-likeness (QED) is 0.314. The molecular formula is C32H33N3O5. The molecule has 1 fully saturated rings. The van der Waals surface area contributed by atoms with Crippen LogP contribution in [0.25, 0.3) is 10.9 Å². The summed E-state index contributed by atoms with van der Waals surface area (Å²) < 4.78 is 7.02. The van der Waals surface area contributed by atoms with E-state index < -0.39 is 18.2 Å². The Morgan fingerprint density at radius 3 is 2.17 bits per heavy atom. The Kier molecular flexibility index (Phi) is 8.26. The third-order valence-corrected chi connectivity index (χ3v) is 6.95. The maximum absolute atomic E-state index is 13.7. The highest BCUT2D eigenvalue weighted by molar-refractivity contribution is 5.97. The molecule has 1 aliphatic rings. The van der Waals surface area contributed by atoms with Gasteiger partial charge in [-0.2, -0.15) is 0 Å². The topological polar surface area (TPSA) is 89.9 Å². The summed E-state index contributed by atoms with van der Waals surface area (Å²) in [6.07, 6.45) is 1.84. The Bertz CT molecular complexity index is 1480. The third-order valence-electron chi connectivity index (χ3n) is 6.95. The molecule has 1 aromatic heterocycles. The van der Waals surface area contributed by atoms with Gasteiger partial charge in [-0.25, -0.2) is 9.86 Å². The number of hydroxylamine groups is 2. The summed E-state index contributed by atoms with van der Waals surface area (Å²) in [6.45, 7) is 4.33. The number of nitrogens with zero attached hydrogens (tertiary/aromatic N) is 2. The zero-order valence-electron chi connectivity index (χ0n) is 22.7. The molecule has 3 aromatic carbocycles. The van der Waals surface area contributed by atoms with Crippen LogP contribution >= 0.6 is 0 Å². The number of benzene rings is 3. The van der Waals surface area contributed by atoms with Gasteiger partial charge in [0.2, 0.25) is 5.91 Å². The third kappa shape index (κ3) is 6.07. The lowest BCUT2D eigenvalue weighted by atomic mass is 9.97. The fourth-order valence-corrected chi connectivity index (χ4v) is 4.98. The number of para-hydroxylation sites is 1. The second kappa shape index (κ2) is 12.2. The fraction of sp³-hybridized carbons (Fsp3) is 0.281. The van der Waals surface area contributed by atoms with Gasteiger partial charge in [-0.1, -0.05) is 92.7 Å². The van der Waals surface area contributed by atoms with Crippen molar-refractivity contribution in [1.29, 1.82) is 0 Å². The number of nitrogens with one attached hydrogen (secondary N) is 1. The lowest BCUT2D eigenvalue weighted by Gasteiger charge is -2.38. The molecule has 8 nitrogen and oxygen atoms in total. The number of aromatic nitrogens is 1. The van der Waals surface area contributed by atoms with Crippen molar-refractivity contribution in [3.05, 3.63) is 108 Å². The Hall–Kier alpha value is -4.43. The van der Waals surface area contributed by atoms with Crippen molar-refractivity contribution < 1.29 is 24.0 Å². The van der Waals surface area contributed by atoms with Crippen molar-refractivity contribution in [3.63, 3.8) is 0 Å². The zero-order valence-corrected chi connectivity index (χ0v) is 22.7.